The van der Waals surface area contributed by atoms with Crippen molar-refractivity contribution in [2.45, 2.75) is 46.2 Å². The number of guanidine groups is 1. The molecule has 0 bridgehead atoms. The molecule has 0 unspecified atom stereocenters. The van der Waals surface area contributed by atoms with Crippen LogP contribution < -0.4 is 15.5 Å². The second-order valence-corrected chi connectivity index (χ2v) is 6.89. The van der Waals surface area contributed by atoms with Crippen molar-refractivity contribution in [3.8, 4) is 0 Å². The first kappa shape index (κ1) is 20.2. The molecule has 1 aliphatic heterocycles. The normalized spacial score (nSPS) is 15.2. The fourth-order valence-corrected chi connectivity index (χ4v) is 3.22. The van der Waals surface area contributed by atoms with Crippen molar-refractivity contribution in [3.63, 3.8) is 0 Å². The van der Waals surface area contributed by atoms with Gasteiger partial charge in [0.25, 0.3) is 0 Å². The van der Waals surface area contributed by atoms with Gasteiger partial charge in [-0.05, 0) is 44.5 Å². The highest BCUT2D eigenvalue weighted by Crippen LogP contribution is 2.21. The van der Waals surface area contributed by atoms with Crippen LogP contribution >= 0.6 is 0 Å². The number of nitrogens with one attached hydrogen (secondary N) is 2. The number of anilines is 1. The van der Waals surface area contributed by atoms with Crippen LogP contribution in [-0.2, 0) is 11.3 Å². The maximum atomic E-state index is 11.8. The third-order valence-corrected chi connectivity index (χ3v) is 4.83. The lowest BCUT2D eigenvalue weighted by Gasteiger charge is -2.25. The lowest BCUT2D eigenvalue weighted by atomic mass is 10.2. The Hall–Kier alpha value is -2.08. The summed E-state index contributed by atoms with van der Waals surface area (Å²) in [6.45, 7) is 11.1. The summed E-state index contributed by atoms with van der Waals surface area (Å²) in [6, 6.07) is 8.74. The second kappa shape index (κ2) is 10.2. The minimum atomic E-state index is 0.225. The van der Waals surface area contributed by atoms with Crippen molar-refractivity contribution in [3.05, 3.63) is 29.8 Å². The summed E-state index contributed by atoms with van der Waals surface area (Å²) in [6.07, 6.45) is 1.62. The number of carbonyl (C=O) groups is 1. The van der Waals surface area contributed by atoms with Crippen LogP contribution in [0.15, 0.2) is 29.3 Å². The molecule has 1 aromatic carbocycles. The van der Waals surface area contributed by atoms with Crippen molar-refractivity contribution in [2.24, 2.45) is 4.99 Å². The fraction of sp³-hybridized carbons (Fsp3) is 0.600. The molecule has 6 heteroatoms. The van der Waals surface area contributed by atoms with Crippen LogP contribution in [0.25, 0.3) is 0 Å². The number of aliphatic imine (C=N–C) groups is 1. The van der Waals surface area contributed by atoms with E-state index in [1.54, 1.807) is 7.05 Å². The second-order valence-electron chi connectivity index (χ2n) is 6.89. The van der Waals surface area contributed by atoms with Gasteiger partial charge in [0, 0.05) is 51.4 Å². The topological polar surface area (TPSA) is 60.0 Å². The van der Waals surface area contributed by atoms with Crippen LogP contribution in [0.5, 0.6) is 0 Å². The van der Waals surface area contributed by atoms with Gasteiger partial charge >= 0.3 is 0 Å². The number of likely N-dealkylation sites (N-methyl/N-ethyl adjacent to an activating group) is 1. The molecule has 1 amide bonds. The zero-order valence-electron chi connectivity index (χ0n) is 16.6. The third kappa shape index (κ3) is 5.73. The molecule has 6 nitrogen and oxygen atoms in total. The van der Waals surface area contributed by atoms with Crippen molar-refractivity contribution in [1.29, 1.82) is 0 Å². The number of hydrogen-bond acceptors (Lipinski definition) is 3. The molecule has 144 valence electrons. The van der Waals surface area contributed by atoms with Crippen LogP contribution in [0.1, 0.15) is 39.2 Å². The number of rotatable bonds is 8. The predicted molar refractivity (Wildman–Crippen MR) is 109 cm³/mol. The van der Waals surface area contributed by atoms with E-state index in [2.05, 4.69) is 53.4 Å². The molecule has 2 N–H and O–H groups in total. The van der Waals surface area contributed by atoms with Crippen molar-refractivity contribution in [1.82, 2.24) is 15.5 Å². The van der Waals surface area contributed by atoms with Crippen LogP contribution in [0.3, 0.4) is 0 Å². The largest absolute Gasteiger partial charge is 0.355 e. The highest BCUT2D eigenvalue weighted by molar-refractivity contribution is 5.95. The van der Waals surface area contributed by atoms with E-state index in [0.717, 1.165) is 44.2 Å². The zero-order chi connectivity index (χ0) is 18.9. The highest BCUT2D eigenvalue weighted by atomic mass is 16.2. The molecule has 2 rings (SSSR count). The summed E-state index contributed by atoms with van der Waals surface area (Å²) >= 11 is 0. The Balaban J connectivity index is 1.78. The van der Waals surface area contributed by atoms with Crippen LogP contribution in [0.2, 0.25) is 0 Å². The van der Waals surface area contributed by atoms with E-state index in [4.69, 9.17) is 0 Å². The highest BCUT2D eigenvalue weighted by Gasteiger charge is 2.21. The molecule has 0 spiro atoms. The maximum absolute atomic E-state index is 11.8. The molecular weight excluding hydrogens is 326 g/mol. The van der Waals surface area contributed by atoms with Crippen molar-refractivity contribution >= 4 is 17.6 Å². The first-order valence-corrected chi connectivity index (χ1v) is 9.63. The van der Waals surface area contributed by atoms with E-state index in [0.29, 0.717) is 19.0 Å². The number of amides is 1. The van der Waals surface area contributed by atoms with Gasteiger partial charge in [0.15, 0.2) is 5.96 Å². The molecule has 1 fully saturated rings. The Morgan fingerprint density at radius 1 is 1.27 bits per heavy atom. The summed E-state index contributed by atoms with van der Waals surface area (Å²) < 4.78 is 0. The minimum absolute atomic E-state index is 0.225. The molecular formula is C20H33N5O. The van der Waals surface area contributed by atoms with Crippen LogP contribution in [-0.4, -0.2) is 56.0 Å². The van der Waals surface area contributed by atoms with E-state index in [1.165, 1.54) is 5.56 Å². The van der Waals surface area contributed by atoms with Gasteiger partial charge in [0.2, 0.25) is 5.91 Å². The Morgan fingerprint density at radius 3 is 2.54 bits per heavy atom. The standard InChI is InChI=1S/C20H33N5O/c1-5-24(16(2)3)14-12-22-20(21-4)23-15-17-8-10-18(11-9-17)25-13-6-7-19(25)26/h8-11,16H,5-7,12-15H2,1-4H3,(H2,21,22,23). The van der Waals surface area contributed by atoms with Gasteiger partial charge in [0.1, 0.15) is 0 Å². The monoisotopic (exact) mass is 359 g/mol. The van der Waals surface area contributed by atoms with Gasteiger partial charge in [-0.1, -0.05) is 19.1 Å². The van der Waals surface area contributed by atoms with Gasteiger partial charge in [-0.2, -0.15) is 0 Å². The Morgan fingerprint density at radius 2 is 2.00 bits per heavy atom. The molecule has 0 aromatic heterocycles. The minimum Gasteiger partial charge on any atom is -0.355 e. The number of hydrogen-bond donors (Lipinski definition) is 2. The van der Waals surface area contributed by atoms with Gasteiger partial charge in [-0.15, -0.1) is 0 Å². The predicted octanol–water partition coefficient (Wildman–Crippen LogP) is 2.21. The first-order chi connectivity index (χ1) is 12.5. The number of benzene rings is 1. The van der Waals surface area contributed by atoms with E-state index in [9.17, 15) is 4.79 Å². The number of nitrogens with zero attached hydrogens (tertiary/aromatic N) is 3. The van der Waals surface area contributed by atoms with Crippen molar-refractivity contribution in [2.75, 3.05) is 38.1 Å². The molecule has 26 heavy (non-hydrogen) atoms. The molecule has 1 aliphatic rings. The smallest absolute Gasteiger partial charge is 0.227 e. The summed E-state index contributed by atoms with van der Waals surface area (Å²) in [7, 11) is 1.79. The van der Waals surface area contributed by atoms with Gasteiger partial charge in [-0.25, -0.2) is 0 Å². The third-order valence-electron chi connectivity index (χ3n) is 4.83. The van der Waals surface area contributed by atoms with Crippen LogP contribution in [0.4, 0.5) is 5.69 Å². The maximum Gasteiger partial charge on any atom is 0.227 e. The first-order valence-electron chi connectivity index (χ1n) is 9.63. The summed E-state index contributed by atoms with van der Waals surface area (Å²) in [5.74, 6) is 1.03. The Labute approximate surface area is 157 Å². The molecule has 1 heterocycles. The average molecular weight is 360 g/mol. The lowest BCUT2D eigenvalue weighted by Crippen LogP contribution is -2.42. The SMILES string of the molecule is CCN(CCNC(=NC)NCc1ccc(N2CCCC2=O)cc1)C(C)C. The fourth-order valence-electron chi connectivity index (χ4n) is 3.22. The van der Waals surface area contributed by atoms with E-state index in [1.807, 2.05) is 17.0 Å². The summed E-state index contributed by atoms with van der Waals surface area (Å²) in [5.41, 5.74) is 2.16. The van der Waals surface area contributed by atoms with Crippen LogP contribution in [0, 0.1) is 0 Å². The molecule has 1 saturated heterocycles. The Bertz CT molecular complexity index is 597. The molecule has 0 saturated carbocycles. The number of carbonyl (C=O) groups excluding carboxylic acids is 1. The average Bonchev–Trinajstić information content (AvgIpc) is 3.07. The molecule has 0 atom stereocenters. The lowest BCUT2D eigenvalue weighted by molar-refractivity contribution is -0.117. The van der Waals surface area contributed by atoms with Gasteiger partial charge in [0.05, 0.1) is 0 Å². The van der Waals surface area contributed by atoms with E-state index >= 15 is 0 Å². The van der Waals surface area contributed by atoms with E-state index < -0.39 is 0 Å². The molecule has 0 aliphatic carbocycles. The van der Waals surface area contributed by atoms with Gasteiger partial charge in [-0.3, -0.25) is 14.7 Å². The molecule has 1 aromatic rings. The quantitative estimate of drug-likeness (QED) is 0.552. The van der Waals surface area contributed by atoms with E-state index in [-0.39, 0.29) is 5.91 Å². The van der Waals surface area contributed by atoms with Crippen molar-refractivity contribution < 1.29 is 4.79 Å². The van der Waals surface area contributed by atoms with Gasteiger partial charge < -0.3 is 15.5 Å². The zero-order valence-corrected chi connectivity index (χ0v) is 16.6. The molecule has 0 radical (unpaired) electrons. The summed E-state index contributed by atoms with van der Waals surface area (Å²) in [4.78, 5) is 20.4. The summed E-state index contributed by atoms with van der Waals surface area (Å²) in [5, 5.41) is 6.71. The Kier molecular flexibility index (Phi) is 7.91.